The fourth-order valence-corrected chi connectivity index (χ4v) is 0. The zero-order valence-corrected chi connectivity index (χ0v) is 3.15. The summed E-state index contributed by atoms with van der Waals surface area (Å²) in [5.41, 5.74) is 4.78. The van der Waals surface area contributed by atoms with Gasteiger partial charge < -0.3 is 17.0 Å². The molecule has 0 aliphatic carbocycles. The maximum Gasteiger partial charge on any atom is 0.316 e. The quantitative estimate of drug-likeness (QED) is 0.343. The highest BCUT2D eigenvalue weighted by Gasteiger charge is 1.56. The van der Waals surface area contributed by atoms with Gasteiger partial charge in [0.25, 0.3) is 0 Å². The minimum Gasteiger partial charge on any atom is -0.395 e. The molecule has 38 valence electrons. The third-order valence-electron chi connectivity index (χ3n) is 0.129. The van der Waals surface area contributed by atoms with Crippen molar-refractivity contribution in [2.45, 2.75) is 0 Å². The average molecular weight is 104 g/mol. The van der Waals surface area contributed by atoms with Crippen LogP contribution in [0, 0.1) is 0 Å². The van der Waals surface area contributed by atoms with Crippen molar-refractivity contribution in [3.63, 3.8) is 0 Å². The lowest BCUT2D eigenvalue weighted by Gasteiger charge is -1.71. The van der Waals surface area contributed by atoms with Crippen molar-refractivity contribution >= 4 is 23.1 Å². The molecule has 0 amide bonds. The molecule has 0 aliphatic rings. The largest absolute Gasteiger partial charge is 0.395 e. The van der Waals surface area contributed by atoms with Gasteiger partial charge in [0.15, 0.2) is 0 Å². The van der Waals surface area contributed by atoms with Crippen LogP contribution in [0.1, 0.15) is 0 Å². The van der Waals surface area contributed by atoms with Crippen LogP contribution in [0.2, 0.25) is 0 Å². The fraction of sp³-hybridized carbons (Fsp3) is 1.00. The second-order valence-electron chi connectivity index (χ2n) is 0.512. The van der Waals surface area contributed by atoms with Gasteiger partial charge >= 0.3 is 23.1 Å². The van der Waals surface area contributed by atoms with Crippen molar-refractivity contribution in [1.82, 2.24) is 6.15 Å². The Bertz CT molecular complexity index is 13.5. The van der Waals surface area contributed by atoms with Crippen LogP contribution in [0.4, 0.5) is 0 Å². The summed E-state index contributed by atoms with van der Waals surface area (Å²) >= 11 is 0. The van der Waals surface area contributed by atoms with Crippen LogP contribution in [0.3, 0.4) is 0 Å². The van der Waals surface area contributed by atoms with E-state index in [-0.39, 0.29) is 35.8 Å². The first-order valence-electron chi connectivity index (χ1n) is 1.22. The zero-order chi connectivity index (χ0) is 3.41. The number of nitrogens with two attached hydrogens (primary N) is 1. The van der Waals surface area contributed by atoms with Gasteiger partial charge in [0.1, 0.15) is 0 Å². The summed E-state index contributed by atoms with van der Waals surface area (Å²) in [6.45, 7) is 0.472. The second kappa shape index (κ2) is 17.4. The predicted octanol–water partition coefficient (Wildman–Crippen LogP) is -1.82. The SMILES string of the molecule is N.NCCO.[MgH2]. The van der Waals surface area contributed by atoms with Crippen LogP contribution in [0.25, 0.3) is 0 Å². The van der Waals surface area contributed by atoms with E-state index in [0.717, 1.165) is 0 Å². The molecule has 0 radical (unpaired) electrons. The number of aliphatic hydroxyl groups excluding tert-OH is 1. The van der Waals surface area contributed by atoms with Gasteiger partial charge in [-0.15, -0.1) is 0 Å². The lowest BCUT2D eigenvalue weighted by molar-refractivity contribution is 0.306. The van der Waals surface area contributed by atoms with E-state index in [9.17, 15) is 0 Å². The van der Waals surface area contributed by atoms with Gasteiger partial charge in [-0.1, -0.05) is 0 Å². The van der Waals surface area contributed by atoms with Gasteiger partial charge in [-0.3, -0.25) is 0 Å². The first-order chi connectivity index (χ1) is 1.91. The Morgan fingerprint density at radius 3 is 1.67 bits per heavy atom. The number of aliphatic hydroxyl groups is 1. The second-order valence-corrected chi connectivity index (χ2v) is 0.512. The zero-order valence-electron chi connectivity index (χ0n) is 3.15. The topological polar surface area (TPSA) is 81.2 Å². The molecule has 0 aromatic heterocycles. The number of rotatable bonds is 1. The molecular formula is C2H12MgN2O. The summed E-state index contributed by atoms with van der Waals surface area (Å²) in [5.74, 6) is 0. The van der Waals surface area contributed by atoms with Gasteiger partial charge in [-0.05, 0) is 0 Å². The van der Waals surface area contributed by atoms with E-state index in [1.54, 1.807) is 0 Å². The molecule has 0 unspecified atom stereocenters. The van der Waals surface area contributed by atoms with E-state index in [1.807, 2.05) is 0 Å². The van der Waals surface area contributed by atoms with Crippen molar-refractivity contribution in [2.75, 3.05) is 13.2 Å². The van der Waals surface area contributed by atoms with E-state index in [2.05, 4.69) is 0 Å². The molecule has 0 atom stereocenters. The summed E-state index contributed by atoms with van der Waals surface area (Å²) in [4.78, 5) is 0. The van der Waals surface area contributed by atoms with Crippen LogP contribution in [-0.2, 0) is 0 Å². The minimum atomic E-state index is 0. The standard InChI is InChI=1S/C2H7NO.Mg.H3N.2H/c3-1-2-4;;;;/h4H,1-3H2;;1H3;;. The summed E-state index contributed by atoms with van der Waals surface area (Å²) in [6.07, 6.45) is 0. The van der Waals surface area contributed by atoms with Gasteiger partial charge in [-0.25, -0.2) is 0 Å². The molecule has 0 aliphatic heterocycles. The minimum absolute atomic E-state index is 0. The molecule has 0 saturated heterocycles. The number of hydrogen-bond acceptors (Lipinski definition) is 3. The normalized spacial score (nSPS) is 5.00. The highest BCUT2D eigenvalue weighted by atomic mass is 24.3. The van der Waals surface area contributed by atoms with E-state index in [4.69, 9.17) is 10.8 Å². The third-order valence-corrected chi connectivity index (χ3v) is 0.129. The summed E-state index contributed by atoms with van der Waals surface area (Å²) < 4.78 is 0. The van der Waals surface area contributed by atoms with E-state index < -0.39 is 0 Å². The van der Waals surface area contributed by atoms with Crippen LogP contribution >= 0.6 is 0 Å². The maximum absolute atomic E-state index is 7.75. The molecule has 0 fully saturated rings. The molecule has 0 bridgehead atoms. The van der Waals surface area contributed by atoms with Crippen LogP contribution in [-0.4, -0.2) is 41.3 Å². The Kier molecular flexibility index (Phi) is 46.2. The van der Waals surface area contributed by atoms with E-state index >= 15 is 0 Å². The predicted molar refractivity (Wildman–Crippen MR) is 29.7 cm³/mol. The number of hydrogen-bond donors (Lipinski definition) is 3. The lowest BCUT2D eigenvalue weighted by atomic mass is 10.8. The summed E-state index contributed by atoms with van der Waals surface area (Å²) in [6, 6.07) is 0. The molecule has 0 aromatic rings. The Morgan fingerprint density at radius 1 is 1.50 bits per heavy atom. The summed E-state index contributed by atoms with van der Waals surface area (Å²) in [5, 5.41) is 7.75. The van der Waals surface area contributed by atoms with Crippen molar-refractivity contribution in [2.24, 2.45) is 5.73 Å². The van der Waals surface area contributed by atoms with Crippen molar-refractivity contribution < 1.29 is 5.11 Å². The maximum atomic E-state index is 7.75. The van der Waals surface area contributed by atoms with Gasteiger partial charge in [-0.2, -0.15) is 0 Å². The van der Waals surface area contributed by atoms with Gasteiger partial charge in [0.05, 0.1) is 6.61 Å². The lowest BCUT2D eigenvalue weighted by Crippen LogP contribution is -2.02. The molecule has 6 N–H and O–H groups in total. The first-order valence-corrected chi connectivity index (χ1v) is 1.22. The highest BCUT2D eigenvalue weighted by molar-refractivity contribution is 5.75. The fourth-order valence-electron chi connectivity index (χ4n) is 0. The van der Waals surface area contributed by atoms with Gasteiger partial charge in [0.2, 0.25) is 0 Å². The van der Waals surface area contributed by atoms with Crippen LogP contribution < -0.4 is 11.9 Å². The molecule has 6 heavy (non-hydrogen) atoms. The van der Waals surface area contributed by atoms with Gasteiger partial charge in [0, 0.05) is 6.54 Å². The van der Waals surface area contributed by atoms with E-state index in [1.165, 1.54) is 0 Å². The molecule has 0 saturated carbocycles. The molecule has 0 rings (SSSR count). The van der Waals surface area contributed by atoms with Crippen molar-refractivity contribution in [3.8, 4) is 0 Å². The average Bonchev–Trinajstić information content (AvgIpc) is 1.37. The Labute approximate surface area is 53.6 Å². The smallest absolute Gasteiger partial charge is 0.316 e. The van der Waals surface area contributed by atoms with Crippen molar-refractivity contribution in [3.05, 3.63) is 0 Å². The molecule has 0 heterocycles. The monoisotopic (exact) mass is 104 g/mol. The molecular weight excluding hydrogens is 92.3 g/mol. The first kappa shape index (κ1) is 15.9. The van der Waals surface area contributed by atoms with Crippen LogP contribution in [0.5, 0.6) is 0 Å². The Hall–Kier alpha value is 0.646. The van der Waals surface area contributed by atoms with Crippen molar-refractivity contribution in [1.29, 1.82) is 0 Å². The molecule has 3 nitrogen and oxygen atoms in total. The highest BCUT2D eigenvalue weighted by Crippen LogP contribution is 1.33. The third kappa shape index (κ3) is 22.8. The molecule has 0 spiro atoms. The van der Waals surface area contributed by atoms with E-state index in [0.29, 0.717) is 6.54 Å². The molecule has 0 aromatic carbocycles. The Balaban J connectivity index is -0.0000000450. The van der Waals surface area contributed by atoms with Crippen LogP contribution in [0.15, 0.2) is 0 Å². The Morgan fingerprint density at radius 2 is 1.67 bits per heavy atom. The molecule has 4 heteroatoms. The summed E-state index contributed by atoms with van der Waals surface area (Å²) in [7, 11) is 0.